The highest BCUT2D eigenvalue weighted by Gasteiger charge is 2.25. The Bertz CT molecular complexity index is 810. The number of carbonyl (C=O) groups is 2. The van der Waals surface area contributed by atoms with Crippen LogP contribution in [-0.4, -0.2) is 24.8 Å². The first-order valence-corrected chi connectivity index (χ1v) is 8.01. The minimum absolute atomic E-state index is 0.151. The van der Waals surface area contributed by atoms with Gasteiger partial charge in [0.1, 0.15) is 5.70 Å². The predicted molar refractivity (Wildman–Crippen MR) is 95.1 cm³/mol. The maximum absolute atomic E-state index is 12.7. The van der Waals surface area contributed by atoms with E-state index >= 15 is 0 Å². The van der Waals surface area contributed by atoms with E-state index < -0.39 is 0 Å². The fourth-order valence-corrected chi connectivity index (χ4v) is 2.82. The Morgan fingerprint density at radius 3 is 2.58 bits per heavy atom. The van der Waals surface area contributed by atoms with Crippen molar-refractivity contribution in [2.75, 3.05) is 18.0 Å². The molecule has 0 saturated carbocycles. The van der Waals surface area contributed by atoms with Crippen LogP contribution in [0.2, 0.25) is 0 Å². The lowest BCUT2D eigenvalue weighted by molar-refractivity contribution is -0.116. The number of nitrogens with zero attached hydrogens (tertiary/aromatic N) is 1. The van der Waals surface area contributed by atoms with Crippen LogP contribution in [0.15, 0.2) is 60.3 Å². The molecule has 1 amide bonds. The topological polar surface area (TPSA) is 49.4 Å². The highest BCUT2D eigenvalue weighted by molar-refractivity contribution is 6.13. The lowest BCUT2D eigenvalue weighted by atomic mass is 9.99. The quantitative estimate of drug-likeness (QED) is 0.698. The summed E-state index contributed by atoms with van der Waals surface area (Å²) in [7, 11) is 0. The number of anilines is 1. The van der Waals surface area contributed by atoms with Gasteiger partial charge in [0.15, 0.2) is 5.78 Å². The molecule has 122 valence electrons. The largest absolute Gasteiger partial charge is 0.379 e. The van der Waals surface area contributed by atoms with E-state index in [1.165, 1.54) is 6.08 Å². The van der Waals surface area contributed by atoms with Crippen molar-refractivity contribution in [1.29, 1.82) is 0 Å². The molecule has 0 aliphatic carbocycles. The fraction of sp³-hybridized carbons (Fsp3) is 0.200. The first-order chi connectivity index (χ1) is 11.6. The number of allylic oxidation sites excluding steroid dienone is 1. The van der Waals surface area contributed by atoms with E-state index in [9.17, 15) is 9.59 Å². The number of benzene rings is 2. The molecule has 24 heavy (non-hydrogen) atoms. The normalized spacial score (nSPS) is 16.2. The van der Waals surface area contributed by atoms with Crippen molar-refractivity contribution in [3.05, 3.63) is 77.0 Å². The van der Waals surface area contributed by atoms with Crippen LogP contribution in [0.3, 0.4) is 0 Å². The number of hydrogen-bond donors (Lipinski definition) is 1. The fourth-order valence-electron chi connectivity index (χ4n) is 2.82. The molecule has 1 aliphatic heterocycles. The number of para-hydroxylation sites is 1. The minimum Gasteiger partial charge on any atom is -0.379 e. The number of carbonyl (C=O) groups excluding carboxylic acids is 2. The Morgan fingerprint density at radius 1 is 1.08 bits per heavy atom. The van der Waals surface area contributed by atoms with Crippen molar-refractivity contribution in [2.45, 2.75) is 13.8 Å². The molecule has 1 aliphatic rings. The monoisotopic (exact) mass is 320 g/mol. The Labute approximate surface area is 141 Å². The average Bonchev–Trinajstić information content (AvgIpc) is 2.60. The predicted octanol–water partition coefficient (Wildman–Crippen LogP) is 3.01. The Hall–Kier alpha value is -2.88. The zero-order valence-electron chi connectivity index (χ0n) is 13.9. The van der Waals surface area contributed by atoms with Crippen LogP contribution in [0.4, 0.5) is 5.69 Å². The van der Waals surface area contributed by atoms with Crippen molar-refractivity contribution >= 4 is 17.4 Å². The van der Waals surface area contributed by atoms with E-state index in [1.54, 1.807) is 11.0 Å². The van der Waals surface area contributed by atoms with Gasteiger partial charge >= 0.3 is 0 Å². The second-order valence-electron chi connectivity index (χ2n) is 5.89. The van der Waals surface area contributed by atoms with E-state index in [0.29, 0.717) is 24.4 Å². The Kier molecular flexibility index (Phi) is 4.47. The van der Waals surface area contributed by atoms with E-state index in [1.807, 2.05) is 56.3 Å². The third kappa shape index (κ3) is 3.08. The second kappa shape index (κ2) is 6.71. The highest BCUT2D eigenvalue weighted by atomic mass is 16.2. The van der Waals surface area contributed by atoms with Crippen molar-refractivity contribution in [2.24, 2.45) is 0 Å². The van der Waals surface area contributed by atoms with Crippen molar-refractivity contribution in [3.63, 3.8) is 0 Å². The summed E-state index contributed by atoms with van der Waals surface area (Å²) in [5, 5.41) is 3.05. The van der Waals surface area contributed by atoms with Crippen molar-refractivity contribution in [1.82, 2.24) is 5.32 Å². The van der Waals surface area contributed by atoms with Crippen LogP contribution in [0.5, 0.6) is 0 Å². The van der Waals surface area contributed by atoms with Crippen LogP contribution >= 0.6 is 0 Å². The van der Waals surface area contributed by atoms with Crippen LogP contribution in [-0.2, 0) is 4.79 Å². The van der Waals surface area contributed by atoms with Crippen LogP contribution < -0.4 is 10.2 Å². The molecule has 4 nitrogen and oxygen atoms in total. The van der Waals surface area contributed by atoms with Gasteiger partial charge in [-0.1, -0.05) is 36.4 Å². The van der Waals surface area contributed by atoms with Gasteiger partial charge in [-0.3, -0.25) is 9.59 Å². The zero-order valence-corrected chi connectivity index (χ0v) is 13.9. The first kappa shape index (κ1) is 16.0. The van der Waals surface area contributed by atoms with E-state index in [0.717, 1.165) is 16.8 Å². The molecule has 2 aromatic carbocycles. The van der Waals surface area contributed by atoms with Gasteiger partial charge in [-0.25, -0.2) is 0 Å². The van der Waals surface area contributed by atoms with E-state index in [2.05, 4.69) is 5.32 Å². The van der Waals surface area contributed by atoms with Gasteiger partial charge in [-0.2, -0.15) is 0 Å². The molecule has 0 aromatic heterocycles. The molecule has 0 spiro atoms. The standard InChI is InChI=1S/C20H20N2O2/c1-14-7-6-10-17(15(14)2)19(23)13-18-20(24)22(12-11-21-18)16-8-4-3-5-9-16/h3-10,13,21H,11-12H2,1-2H3/b18-13-. The van der Waals surface area contributed by atoms with Crippen LogP contribution in [0.1, 0.15) is 21.5 Å². The Morgan fingerprint density at radius 2 is 1.83 bits per heavy atom. The summed E-state index contributed by atoms with van der Waals surface area (Å²) in [6, 6.07) is 15.1. The highest BCUT2D eigenvalue weighted by Crippen LogP contribution is 2.19. The molecule has 1 N–H and O–H groups in total. The third-order valence-electron chi connectivity index (χ3n) is 4.34. The summed E-state index contributed by atoms with van der Waals surface area (Å²) in [5.41, 5.74) is 3.83. The smallest absolute Gasteiger partial charge is 0.274 e. The van der Waals surface area contributed by atoms with Gasteiger partial charge in [-0.15, -0.1) is 0 Å². The molecule has 3 rings (SSSR count). The summed E-state index contributed by atoms with van der Waals surface area (Å²) in [6.07, 6.45) is 1.42. The summed E-state index contributed by atoms with van der Waals surface area (Å²) < 4.78 is 0. The summed E-state index contributed by atoms with van der Waals surface area (Å²) in [6.45, 7) is 5.10. The summed E-state index contributed by atoms with van der Waals surface area (Å²) in [5.74, 6) is -0.326. The molecular formula is C20H20N2O2. The van der Waals surface area contributed by atoms with Gasteiger partial charge in [-0.05, 0) is 37.1 Å². The maximum atomic E-state index is 12.7. The van der Waals surface area contributed by atoms with Gasteiger partial charge < -0.3 is 10.2 Å². The minimum atomic E-state index is -0.175. The van der Waals surface area contributed by atoms with Gasteiger partial charge in [0.25, 0.3) is 5.91 Å². The average molecular weight is 320 g/mol. The SMILES string of the molecule is Cc1cccc(C(=O)/C=C2\NCCN(c3ccccc3)C2=O)c1C. The molecule has 0 atom stereocenters. The molecule has 4 heteroatoms. The third-order valence-corrected chi connectivity index (χ3v) is 4.34. The molecule has 0 radical (unpaired) electrons. The lowest BCUT2D eigenvalue weighted by Crippen LogP contribution is -2.46. The number of hydrogen-bond acceptors (Lipinski definition) is 3. The summed E-state index contributed by atoms with van der Waals surface area (Å²) >= 11 is 0. The number of aryl methyl sites for hydroxylation is 1. The number of amides is 1. The van der Waals surface area contributed by atoms with Crippen molar-refractivity contribution in [3.8, 4) is 0 Å². The van der Waals surface area contributed by atoms with E-state index in [-0.39, 0.29) is 11.7 Å². The van der Waals surface area contributed by atoms with Gasteiger partial charge in [0, 0.05) is 30.4 Å². The molecule has 1 saturated heterocycles. The van der Waals surface area contributed by atoms with Gasteiger partial charge in [0.2, 0.25) is 0 Å². The Balaban J connectivity index is 1.88. The number of piperazine rings is 1. The molecular weight excluding hydrogens is 300 g/mol. The molecule has 2 aromatic rings. The summed E-state index contributed by atoms with van der Waals surface area (Å²) in [4.78, 5) is 27.0. The zero-order chi connectivity index (χ0) is 17.1. The lowest BCUT2D eigenvalue weighted by Gasteiger charge is -2.29. The number of nitrogens with one attached hydrogen (secondary N) is 1. The first-order valence-electron chi connectivity index (χ1n) is 8.01. The molecule has 0 unspecified atom stereocenters. The van der Waals surface area contributed by atoms with Gasteiger partial charge in [0.05, 0.1) is 0 Å². The maximum Gasteiger partial charge on any atom is 0.274 e. The van der Waals surface area contributed by atoms with Crippen LogP contribution in [0.25, 0.3) is 0 Å². The molecule has 1 fully saturated rings. The second-order valence-corrected chi connectivity index (χ2v) is 5.89. The number of ketones is 1. The van der Waals surface area contributed by atoms with Crippen molar-refractivity contribution < 1.29 is 9.59 Å². The van der Waals surface area contributed by atoms with E-state index in [4.69, 9.17) is 0 Å². The number of rotatable bonds is 3. The molecule has 0 bridgehead atoms. The van der Waals surface area contributed by atoms with Crippen LogP contribution in [0, 0.1) is 13.8 Å². The molecule has 1 heterocycles.